The molecule has 1 rings (SSSR count). The Hall–Kier alpha value is -0.680. The molecule has 5 heteroatoms. The Morgan fingerprint density at radius 3 is 2.78 bits per heavy atom. The highest BCUT2D eigenvalue weighted by molar-refractivity contribution is 9.10. The zero-order valence-corrected chi connectivity index (χ0v) is 13.0. The van der Waals surface area contributed by atoms with Crippen molar-refractivity contribution in [3.05, 3.63) is 16.5 Å². The molecule has 0 atom stereocenters. The van der Waals surface area contributed by atoms with Crippen molar-refractivity contribution in [2.24, 2.45) is 0 Å². The van der Waals surface area contributed by atoms with E-state index < -0.39 is 0 Å². The van der Waals surface area contributed by atoms with E-state index in [9.17, 15) is 0 Å². The van der Waals surface area contributed by atoms with Crippen molar-refractivity contribution >= 4 is 21.7 Å². The lowest BCUT2D eigenvalue weighted by molar-refractivity contribution is 0.141. The summed E-state index contributed by atoms with van der Waals surface area (Å²) >= 11 is 3.40. The summed E-state index contributed by atoms with van der Waals surface area (Å²) in [5.41, 5.74) is 0. The van der Waals surface area contributed by atoms with Crippen LogP contribution < -0.4 is 5.32 Å². The highest BCUT2D eigenvalue weighted by atomic mass is 79.9. The standard InChI is InChI=1S/C13H22BrN3O/c1-4-5-7-18-8-6-15-12-9-11(14)16-13(17-12)10(2)3/h9-10H,4-8H2,1-3H3,(H,15,16,17). The van der Waals surface area contributed by atoms with Crippen LogP contribution in [0.25, 0.3) is 0 Å². The maximum absolute atomic E-state index is 5.49. The van der Waals surface area contributed by atoms with E-state index in [1.54, 1.807) is 0 Å². The summed E-state index contributed by atoms with van der Waals surface area (Å²) in [6.45, 7) is 8.64. The number of halogens is 1. The molecule has 0 saturated heterocycles. The number of anilines is 1. The number of unbranched alkanes of at least 4 members (excludes halogenated alkanes) is 1. The molecule has 0 aliphatic heterocycles. The van der Waals surface area contributed by atoms with Gasteiger partial charge in [-0.15, -0.1) is 0 Å². The topological polar surface area (TPSA) is 47.0 Å². The van der Waals surface area contributed by atoms with Gasteiger partial charge in [0.05, 0.1) is 6.61 Å². The third kappa shape index (κ3) is 5.78. The van der Waals surface area contributed by atoms with Gasteiger partial charge in [-0.1, -0.05) is 27.2 Å². The van der Waals surface area contributed by atoms with Crippen molar-refractivity contribution in [2.45, 2.75) is 39.5 Å². The maximum Gasteiger partial charge on any atom is 0.134 e. The van der Waals surface area contributed by atoms with Gasteiger partial charge in [0.1, 0.15) is 16.2 Å². The lowest BCUT2D eigenvalue weighted by atomic mass is 10.2. The van der Waals surface area contributed by atoms with Crippen LogP contribution in [-0.2, 0) is 4.74 Å². The van der Waals surface area contributed by atoms with Crippen molar-refractivity contribution in [2.75, 3.05) is 25.1 Å². The average molecular weight is 316 g/mol. The second-order valence-electron chi connectivity index (χ2n) is 4.48. The molecule has 0 unspecified atom stereocenters. The summed E-state index contributed by atoms with van der Waals surface area (Å²) in [6, 6.07) is 1.89. The van der Waals surface area contributed by atoms with Crippen molar-refractivity contribution in [1.29, 1.82) is 0 Å². The highest BCUT2D eigenvalue weighted by Gasteiger charge is 2.06. The second kappa shape index (κ2) is 8.43. The third-order valence-corrected chi connectivity index (χ3v) is 2.83. The van der Waals surface area contributed by atoms with E-state index in [2.05, 4.69) is 52.0 Å². The molecule has 4 nitrogen and oxygen atoms in total. The first kappa shape index (κ1) is 15.4. The molecule has 0 radical (unpaired) electrons. The van der Waals surface area contributed by atoms with Gasteiger partial charge in [0, 0.05) is 25.1 Å². The quantitative estimate of drug-likeness (QED) is 0.588. The predicted octanol–water partition coefficient (Wildman–Crippen LogP) is 3.59. The number of rotatable bonds is 8. The molecule has 1 N–H and O–H groups in total. The minimum atomic E-state index is 0.323. The molecule has 102 valence electrons. The SMILES string of the molecule is CCCCOCCNc1cc(Br)nc(C(C)C)n1. The van der Waals surface area contributed by atoms with Gasteiger partial charge in [0.15, 0.2) is 0 Å². The normalized spacial score (nSPS) is 10.9. The fourth-order valence-electron chi connectivity index (χ4n) is 1.38. The molecule has 0 aromatic carbocycles. The number of aromatic nitrogens is 2. The Balaban J connectivity index is 2.37. The molecule has 1 heterocycles. The van der Waals surface area contributed by atoms with Gasteiger partial charge in [-0.2, -0.15) is 0 Å². The van der Waals surface area contributed by atoms with Crippen LogP contribution in [0.1, 0.15) is 45.4 Å². The van der Waals surface area contributed by atoms with Gasteiger partial charge in [-0.25, -0.2) is 9.97 Å². The van der Waals surface area contributed by atoms with Crippen molar-refractivity contribution in [3.63, 3.8) is 0 Å². The summed E-state index contributed by atoms with van der Waals surface area (Å²) < 4.78 is 6.30. The molecule has 0 bridgehead atoms. The van der Waals surface area contributed by atoms with Crippen LogP contribution in [0.4, 0.5) is 5.82 Å². The fraction of sp³-hybridized carbons (Fsp3) is 0.692. The van der Waals surface area contributed by atoms with Crippen LogP contribution in [0.15, 0.2) is 10.7 Å². The van der Waals surface area contributed by atoms with Crippen molar-refractivity contribution in [1.82, 2.24) is 9.97 Å². The number of nitrogens with one attached hydrogen (secondary N) is 1. The lowest BCUT2D eigenvalue weighted by Gasteiger charge is -2.10. The number of ether oxygens (including phenoxy) is 1. The molecule has 1 aromatic rings. The Kier molecular flexibility index (Phi) is 7.20. The first-order valence-electron chi connectivity index (χ1n) is 6.49. The fourth-order valence-corrected chi connectivity index (χ4v) is 1.78. The third-order valence-electron chi connectivity index (χ3n) is 2.42. The summed E-state index contributed by atoms with van der Waals surface area (Å²) in [7, 11) is 0. The van der Waals surface area contributed by atoms with Crippen molar-refractivity contribution in [3.8, 4) is 0 Å². The smallest absolute Gasteiger partial charge is 0.134 e. The Bertz CT molecular complexity index is 358. The molecule has 0 saturated carbocycles. The van der Waals surface area contributed by atoms with Gasteiger partial charge in [-0.05, 0) is 22.4 Å². The zero-order valence-electron chi connectivity index (χ0n) is 11.4. The van der Waals surface area contributed by atoms with E-state index in [1.165, 1.54) is 6.42 Å². The minimum Gasteiger partial charge on any atom is -0.380 e. The molecule has 0 aliphatic carbocycles. The molecule has 0 amide bonds. The highest BCUT2D eigenvalue weighted by Crippen LogP contribution is 2.17. The Labute approximate surface area is 118 Å². The molecule has 0 fully saturated rings. The van der Waals surface area contributed by atoms with Gasteiger partial charge < -0.3 is 10.1 Å². The first-order valence-corrected chi connectivity index (χ1v) is 7.29. The number of hydrogen-bond acceptors (Lipinski definition) is 4. The van der Waals surface area contributed by atoms with E-state index in [1.807, 2.05) is 6.07 Å². The first-order chi connectivity index (χ1) is 8.63. The van der Waals surface area contributed by atoms with Gasteiger partial charge in [-0.3, -0.25) is 0 Å². The van der Waals surface area contributed by atoms with Crippen LogP contribution in [0.2, 0.25) is 0 Å². The second-order valence-corrected chi connectivity index (χ2v) is 5.29. The Morgan fingerprint density at radius 2 is 2.11 bits per heavy atom. The molecule has 1 aromatic heterocycles. The molecular weight excluding hydrogens is 294 g/mol. The van der Waals surface area contributed by atoms with E-state index in [-0.39, 0.29) is 0 Å². The van der Waals surface area contributed by atoms with Crippen molar-refractivity contribution < 1.29 is 4.74 Å². The average Bonchev–Trinajstić information content (AvgIpc) is 2.33. The summed E-state index contributed by atoms with van der Waals surface area (Å²) in [4.78, 5) is 8.80. The van der Waals surface area contributed by atoms with Gasteiger partial charge >= 0.3 is 0 Å². The largest absolute Gasteiger partial charge is 0.380 e. The molecule has 18 heavy (non-hydrogen) atoms. The lowest BCUT2D eigenvalue weighted by Crippen LogP contribution is -2.12. The summed E-state index contributed by atoms with van der Waals surface area (Å²) in [5.74, 6) is 2.02. The van der Waals surface area contributed by atoms with Crippen LogP contribution in [0.5, 0.6) is 0 Å². The van der Waals surface area contributed by atoms with Crippen LogP contribution in [-0.4, -0.2) is 29.7 Å². The Morgan fingerprint density at radius 1 is 1.33 bits per heavy atom. The number of hydrogen-bond donors (Lipinski definition) is 1. The van der Waals surface area contributed by atoms with Gasteiger partial charge in [0.2, 0.25) is 0 Å². The molecular formula is C13H22BrN3O. The summed E-state index contributed by atoms with van der Waals surface area (Å²) in [5, 5.41) is 3.25. The predicted molar refractivity (Wildman–Crippen MR) is 78.0 cm³/mol. The van der Waals surface area contributed by atoms with E-state index in [4.69, 9.17) is 4.74 Å². The van der Waals surface area contributed by atoms with Gasteiger partial charge in [0.25, 0.3) is 0 Å². The monoisotopic (exact) mass is 315 g/mol. The molecule has 0 aliphatic rings. The minimum absolute atomic E-state index is 0.323. The number of nitrogens with zero attached hydrogens (tertiary/aromatic N) is 2. The maximum atomic E-state index is 5.49. The van der Waals surface area contributed by atoms with E-state index in [0.717, 1.165) is 35.8 Å². The van der Waals surface area contributed by atoms with Crippen LogP contribution in [0, 0.1) is 0 Å². The van der Waals surface area contributed by atoms with Crippen LogP contribution >= 0.6 is 15.9 Å². The molecule has 0 spiro atoms. The van der Waals surface area contributed by atoms with Crippen LogP contribution in [0.3, 0.4) is 0 Å². The van der Waals surface area contributed by atoms with E-state index >= 15 is 0 Å². The zero-order chi connectivity index (χ0) is 13.4. The van der Waals surface area contributed by atoms with E-state index in [0.29, 0.717) is 12.5 Å². The summed E-state index contributed by atoms with van der Waals surface area (Å²) in [6.07, 6.45) is 2.29.